The maximum atomic E-state index is 12.3. The van der Waals surface area contributed by atoms with Crippen LogP contribution in [0, 0.1) is 0 Å². The van der Waals surface area contributed by atoms with Crippen molar-refractivity contribution in [2.24, 2.45) is 0 Å². The second kappa shape index (κ2) is 7.84. The molecule has 21 heavy (non-hydrogen) atoms. The van der Waals surface area contributed by atoms with E-state index in [1.165, 1.54) is 0 Å². The zero-order valence-corrected chi connectivity index (χ0v) is 13.3. The van der Waals surface area contributed by atoms with Gasteiger partial charge in [-0.2, -0.15) is 0 Å². The number of thiophene rings is 1. The molecule has 0 spiro atoms. The molecule has 1 N–H and O–H groups in total. The third kappa shape index (κ3) is 3.85. The predicted molar refractivity (Wildman–Crippen MR) is 89.1 cm³/mol. The van der Waals surface area contributed by atoms with E-state index in [1.54, 1.807) is 11.3 Å². The van der Waals surface area contributed by atoms with E-state index in [1.807, 2.05) is 42.6 Å². The largest absolute Gasteiger partial charge is 0.462 e. The van der Waals surface area contributed by atoms with Crippen molar-refractivity contribution in [1.29, 1.82) is 0 Å². The number of hydrogen-bond donors (Lipinski definition) is 1. The fourth-order valence-electron chi connectivity index (χ4n) is 2.10. The molecule has 0 saturated heterocycles. The van der Waals surface area contributed by atoms with Crippen LogP contribution in [0.2, 0.25) is 0 Å². The van der Waals surface area contributed by atoms with Crippen LogP contribution in [0.3, 0.4) is 0 Å². The standard InChI is InChI=1S/C17H21NO2S/c1-3-5-11-18-16-15(17(19)20-4-2)14(12-21-16)13-9-7-6-8-10-13/h6-10,12,18H,3-5,11H2,1-2H3. The van der Waals surface area contributed by atoms with Crippen molar-refractivity contribution < 1.29 is 9.53 Å². The summed E-state index contributed by atoms with van der Waals surface area (Å²) in [5.74, 6) is -0.253. The third-order valence-electron chi connectivity index (χ3n) is 3.17. The highest BCUT2D eigenvalue weighted by atomic mass is 32.1. The lowest BCUT2D eigenvalue weighted by atomic mass is 10.0. The number of hydrogen-bond acceptors (Lipinski definition) is 4. The first-order valence-electron chi connectivity index (χ1n) is 7.35. The Bertz CT molecular complexity index is 578. The van der Waals surface area contributed by atoms with Gasteiger partial charge < -0.3 is 10.1 Å². The van der Waals surface area contributed by atoms with E-state index in [-0.39, 0.29) is 5.97 Å². The second-order valence-corrected chi connectivity index (χ2v) is 5.60. The van der Waals surface area contributed by atoms with Crippen LogP contribution in [-0.2, 0) is 4.74 Å². The number of rotatable bonds is 7. The van der Waals surface area contributed by atoms with Gasteiger partial charge in [-0.1, -0.05) is 43.7 Å². The first kappa shape index (κ1) is 15.6. The fourth-order valence-corrected chi connectivity index (χ4v) is 3.09. The van der Waals surface area contributed by atoms with Crippen LogP contribution >= 0.6 is 11.3 Å². The number of ether oxygens (including phenoxy) is 1. The Kier molecular flexibility index (Phi) is 5.81. The van der Waals surface area contributed by atoms with E-state index in [4.69, 9.17) is 4.74 Å². The van der Waals surface area contributed by atoms with Gasteiger partial charge in [-0.05, 0) is 18.9 Å². The number of nitrogens with one attached hydrogen (secondary N) is 1. The summed E-state index contributed by atoms with van der Waals surface area (Å²) in [6.45, 7) is 5.24. The molecule has 2 rings (SSSR count). The molecule has 0 amide bonds. The van der Waals surface area contributed by atoms with Gasteiger partial charge in [0.05, 0.1) is 6.61 Å². The van der Waals surface area contributed by atoms with Crippen molar-refractivity contribution in [3.8, 4) is 11.1 Å². The van der Waals surface area contributed by atoms with Crippen molar-refractivity contribution in [1.82, 2.24) is 0 Å². The number of unbranched alkanes of at least 4 members (excludes halogenated alkanes) is 1. The molecule has 0 fully saturated rings. The number of carbonyl (C=O) groups is 1. The van der Waals surface area contributed by atoms with Crippen LogP contribution in [0.5, 0.6) is 0 Å². The van der Waals surface area contributed by atoms with Gasteiger partial charge in [0.1, 0.15) is 10.6 Å². The molecular weight excluding hydrogens is 282 g/mol. The number of esters is 1. The lowest BCUT2D eigenvalue weighted by Gasteiger charge is -2.09. The average molecular weight is 303 g/mol. The van der Waals surface area contributed by atoms with Crippen LogP contribution in [0.15, 0.2) is 35.7 Å². The van der Waals surface area contributed by atoms with Gasteiger partial charge in [0.25, 0.3) is 0 Å². The van der Waals surface area contributed by atoms with Crippen LogP contribution in [0.4, 0.5) is 5.00 Å². The lowest BCUT2D eigenvalue weighted by molar-refractivity contribution is 0.0529. The quantitative estimate of drug-likeness (QED) is 0.589. The number of anilines is 1. The van der Waals surface area contributed by atoms with Gasteiger partial charge in [0.2, 0.25) is 0 Å². The molecule has 0 aliphatic rings. The van der Waals surface area contributed by atoms with Gasteiger partial charge >= 0.3 is 5.97 Å². The van der Waals surface area contributed by atoms with Crippen molar-refractivity contribution in [3.63, 3.8) is 0 Å². The molecule has 112 valence electrons. The molecule has 3 nitrogen and oxygen atoms in total. The Hall–Kier alpha value is -1.81. The highest BCUT2D eigenvalue weighted by Gasteiger charge is 2.21. The van der Waals surface area contributed by atoms with Crippen LogP contribution in [-0.4, -0.2) is 19.1 Å². The average Bonchev–Trinajstić information content (AvgIpc) is 2.93. The van der Waals surface area contributed by atoms with Gasteiger partial charge in [-0.3, -0.25) is 0 Å². The van der Waals surface area contributed by atoms with Gasteiger partial charge in [-0.15, -0.1) is 11.3 Å². The zero-order chi connectivity index (χ0) is 15.1. The SMILES string of the molecule is CCCCNc1scc(-c2ccccc2)c1C(=O)OCC. The van der Waals surface area contributed by atoms with Crippen molar-refractivity contribution in [3.05, 3.63) is 41.3 Å². The Morgan fingerprint density at radius 2 is 2.00 bits per heavy atom. The summed E-state index contributed by atoms with van der Waals surface area (Å²) in [7, 11) is 0. The molecule has 2 aromatic rings. The molecule has 0 saturated carbocycles. The highest BCUT2D eigenvalue weighted by molar-refractivity contribution is 7.15. The Balaban J connectivity index is 2.34. The van der Waals surface area contributed by atoms with Crippen molar-refractivity contribution in [2.45, 2.75) is 26.7 Å². The predicted octanol–water partition coefficient (Wildman–Crippen LogP) is 4.80. The zero-order valence-electron chi connectivity index (χ0n) is 12.5. The van der Waals surface area contributed by atoms with Crippen LogP contribution in [0.1, 0.15) is 37.0 Å². The second-order valence-electron chi connectivity index (χ2n) is 4.72. The summed E-state index contributed by atoms with van der Waals surface area (Å²) < 4.78 is 5.22. The minimum absolute atomic E-state index is 0.253. The summed E-state index contributed by atoms with van der Waals surface area (Å²) in [6, 6.07) is 9.96. The lowest BCUT2D eigenvalue weighted by Crippen LogP contribution is -2.09. The van der Waals surface area contributed by atoms with Gasteiger partial charge in [0.15, 0.2) is 0 Å². The molecule has 0 aliphatic heterocycles. The van der Waals surface area contributed by atoms with Crippen LogP contribution in [0.25, 0.3) is 11.1 Å². The summed E-state index contributed by atoms with van der Waals surface area (Å²) >= 11 is 1.56. The van der Waals surface area contributed by atoms with Gasteiger partial charge in [-0.25, -0.2) is 4.79 Å². The molecule has 1 heterocycles. The first-order valence-corrected chi connectivity index (χ1v) is 8.23. The molecule has 4 heteroatoms. The molecule has 1 aromatic carbocycles. The van der Waals surface area contributed by atoms with E-state index < -0.39 is 0 Å². The normalized spacial score (nSPS) is 10.4. The number of carbonyl (C=O) groups excluding carboxylic acids is 1. The van der Waals surface area contributed by atoms with E-state index >= 15 is 0 Å². The Morgan fingerprint density at radius 3 is 2.67 bits per heavy atom. The van der Waals surface area contributed by atoms with E-state index in [0.29, 0.717) is 12.2 Å². The summed E-state index contributed by atoms with van der Waals surface area (Å²) in [4.78, 5) is 12.3. The summed E-state index contributed by atoms with van der Waals surface area (Å²) in [5.41, 5.74) is 2.64. The smallest absolute Gasteiger partial charge is 0.341 e. The van der Waals surface area contributed by atoms with Gasteiger partial charge in [0, 0.05) is 17.5 Å². The Labute approximate surface area is 130 Å². The van der Waals surface area contributed by atoms with E-state index in [2.05, 4.69) is 12.2 Å². The first-order chi connectivity index (χ1) is 10.3. The molecular formula is C17H21NO2S. The molecule has 0 radical (unpaired) electrons. The molecule has 0 atom stereocenters. The number of benzene rings is 1. The minimum Gasteiger partial charge on any atom is -0.462 e. The van der Waals surface area contributed by atoms with Crippen LogP contribution < -0.4 is 5.32 Å². The topological polar surface area (TPSA) is 38.3 Å². The maximum absolute atomic E-state index is 12.3. The maximum Gasteiger partial charge on any atom is 0.341 e. The summed E-state index contributed by atoms with van der Waals surface area (Å²) in [6.07, 6.45) is 2.21. The molecule has 0 aliphatic carbocycles. The summed E-state index contributed by atoms with van der Waals surface area (Å²) in [5, 5.41) is 6.29. The molecule has 1 aromatic heterocycles. The third-order valence-corrected chi connectivity index (χ3v) is 4.11. The van der Waals surface area contributed by atoms with E-state index in [0.717, 1.165) is 35.5 Å². The molecule has 0 bridgehead atoms. The molecule has 0 unspecified atom stereocenters. The monoisotopic (exact) mass is 303 g/mol. The highest BCUT2D eigenvalue weighted by Crippen LogP contribution is 2.36. The van der Waals surface area contributed by atoms with E-state index in [9.17, 15) is 4.79 Å². The Morgan fingerprint density at radius 1 is 1.24 bits per heavy atom. The minimum atomic E-state index is -0.253. The van der Waals surface area contributed by atoms with Crippen molar-refractivity contribution >= 4 is 22.3 Å². The van der Waals surface area contributed by atoms with Crippen molar-refractivity contribution in [2.75, 3.05) is 18.5 Å². The fraction of sp³-hybridized carbons (Fsp3) is 0.353.